The summed E-state index contributed by atoms with van der Waals surface area (Å²) >= 11 is 7.94. The molecule has 0 unspecified atom stereocenters. The Labute approximate surface area is 171 Å². The van der Waals surface area contributed by atoms with Gasteiger partial charge in [0.15, 0.2) is 0 Å². The van der Waals surface area contributed by atoms with Gasteiger partial charge in [-0.3, -0.25) is 0 Å². The van der Waals surface area contributed by atoms with Crippen molar-refractivity contribution in [2.45, 2.75) is 44.9 Å². The summed E-state index contributed by atoms with van der Waals surface area (Å²) in [6.07, 6.45) is 0. The van der Waals surface area contributed by atoms with Gasteiger partial charge in [-0.25, -0.2) is 4.79 Å². The van der Waals surface area contributed by atoms with Gasteiger partial charge in [0.05, 0.1) is 0 Å². The first-order chi connectivity index (χ1) is 12.9. The molecule has 1 fully saturated rings. The van der Waals surface area contributed by atoms with E-state index in [4.69, 9.17) is 11.6 Å². The largest absolute Gasteiger partial charge is 0.323 e. The van der Waals surface area contributed by atoms with Crippen molar-refractivity contribution in [1.82, 2.24) is 4.90 Å². The molecule has 5 heteroatoms. The van der Waals surface area contributed by atoms with Crippen molar-refractivity contribution in [3.63, 3.8) is 0 Å². The van der Waals surface area contributed by atoms with Gasteiger partial charge in [-0.2, -0.15) is 0 Å². The molecule has 1 aliphatic rings. The molecule has 1 aliphatic heterocycles. The number of hydrogen-bond donors (Lipinski definition) is 1. The molecule has 0 radical (unpaired) electrons. The van der Waals surface area contributed by atoms with E-state index in [9.17, 15) is 4.79 Å². The molecule has 1 atom stereocenters. The van der Waals surface area contributed by atoms with E-state index >= 15 is 0 Å². The molecule has 0 aromatic heterocycles. The van der Waals surface area contributed by atoms with E-state index in [1.165, 1.54) is 11.1 Å². The van der Waals surface area contributed by atoms with Crippen LogP contribution in [0.5, 0.6) is 0 Å². The normalized spacial score (nSPS) is 17.0. The Morgan fingerprint density at radius 1 is 1.11 bits per heavy atom. The van der Waals surface area contributed by atoms with E-state index in [0.29, 0.717) is 16.9 Å². The highest BCUT2D eigenvalue weighted by Crippen LogP contribution is 2.40. The van der Waals surface area contributed by atoms with Crippen molar-refractivity contribution in [2.24, 2.45) is 0 Å². The molecular weight excluding hydrogens is 376 g/mol. The molecule has 0 aliphatic carbocycles. The summed E-state index contributed by atoms with van der Waals surface area (Å²) in [5.74, 6) is 1.61. The fourth-order valence-corrected chi connectivity index (χ4v) is 4.93. The van der Waals surface area contributed by atoms with Crippen LogP contribution in [-0.2, 0) is 0 Å². The Balaban J connectivity index is 1.89. The van der Waals surface area contributed by atoms with Gasteiger partial charge in [-0.05, 0) is 40.7 Å². The second kappa shape index (κ2) is 8.57. The number of rotatable bonds is 4. The molecule has 0 spiro atoms. The maximum absolute atomic E-state index is 13.2. The molecule has 2 amide bonds. The van der Waals surface area contributed by atoms with Crippen LogP contribution in [0.1, 0.15) is 61.6 Å². The summed E-state index contributed by atoms with van der Waals surface area (Å²) in [6.45, 7) is 9.38. The van der Waals surface area contributed by atoms with Crippen LogP contribution >= 0.6 is 23.4 Å². The Bertz CT molecular complexity index is 795. The Kier molecular flexibility index (Phi) is 6.38. The minimum atomic E-state index is -0.0417. The summed E-state index contributed by atoms with van der Waals surface area (Å²) < 4.78 is 0. The zero-order valence-corrected chi connectivity index (χ0v) is 17.9. The number of anilines is 1. The van der Waals surface area contributed by atoms with Crippen LogP contribution in [0.2, 0.25) is 5.02 Å². The van der Waals surface area contributed by atoms with Crippen molar-refractivity contribution in [2.75, 3.05) is 17.6 Å². The van der Waals surface area contributed by atoms with Crippen LogP contribution in [0.15, 0.2) is 42.5 Å². The summed E-state index contributed by atoms with van der Waals surface area (Å²) in [4.78, 5) is 15.1. The lowest BCUT2D eigenvalue weighted by atomic mass is 9.93. The maximum Gasteiger partial charge on any atom is 0.323 e. The number of amides is 2. The van der Waals surface area contributed by atoms with Crippen LogP contribution in [0.4, 0.5) is 10.5 Å². The number of nitrogens with zero attached hydrogens (tertiary/aromatic N) is 1. The van der Waals surface area contributed by atoms with Crippen molar-refractivity contribution < 1.29 is 4.79 Å². The smallest absolute Gasteiger partial charge is 0.308 e. The Morgan fingerprint density at radius 3 is 2.33 bits per heavy atom. The molecule has 1 heterocycles. The summed E-state index contributed by atoms with van der Waals surface area (Å²) in [6, 6.07) is 14.1. The highest BCUT2D eigenvalue weighted by molar-refractivity contribution is 7.99. The third-order valence-electron chi connectivity index (χ3n) is 4.89. The number of urea groups is 1. The molecule has 2 aromatic rings. The van der Waals surface area contributed by atoms with Gasteiger partial charge in [0.2, 0.25) is 0 Å². The number of hydrogen-bond acceptors (Lipinski definition) is 2. The molecule has 1 N–H and O–H groups in total. The Morgan fingerprint density at radius 2 is 1.74 bits per heavy atom. The molecule has 2 aromatic carbocycles. The average Bonchev–Trinajstić information content (AvgIpc) is 3.11. The van der Waals surface area contributed by atoms with E-state index in [1.807, 2.05) is 29.2 Å². The van der Waals surface area contributed by atoms with Gasteiger partial charge in [0.1, 0.15) is 5.37 Å². The SMILES string of the molecule is CC(C)c1cccc(C(C)C)c1NC(=O)N1CCS[C@@H]1c1cccc(Cl)c1. The van der Waals surface area contributed by atoms with Crippen molar-refractivity contribution in [3.8, 4) is 0 Å². The monoisotopic (exact) mass is 402 g/mol. The zero-order valence-electron chi connectivity index (χ0n) is 16.3. The van der Waals surface area contributed by atoms with Gasteiger partial charge in [-0.1, -0.05) is 69.6 Å². The topological polar surface area (TPSA) is 32.3 Å². The molecular formula is C22H27ClN2OS. The number of carbonyl (C=O) groups is 1. The van der Waals surface area contributed by atoms with Crippen LogP contribution < -0.4 is 5.32 Å². The third kappa shape index (κ3) is 4.44. The number of benzene rings is 2. The first-order valence-corrected chi connectivity index (χ1v) is 10.9. The highest BCUT2D eigenvalue weighted by Gasteiger charge is 2.31. The number of thioether (sulfide) groups is 1. The summed E-state index contributed by atoms with van der Waals surface area (Å²) in [7, 11) is 0. The average molecular weight is 403 g/mol. The van der Waals surface area contributed by atoms with Gasteiger partial charge < -0.3 is 10.2 Å². The summed E-state index contributed by atoms with van der Waals surface area (Å²) in [5.41, 5.74) is 4.40. The third-order valence-corrected chi connectivity index (χ3v) is 6.39. The first kappa shape index (κ1) is 20.1. The molecule has 0 saturated carbocycles. The van der Waals surface area contributed by atoms with Gasteiger partial charge in [0.25, 0.3) is 0 Å². The minimum absolute atomic E-state index is 0.00240. The Hall–Kier alpha value is -1.65. The van der Waals surface area contributed by atoms with Crippen LogP contribution in [-0.4, -0.2) is 23.2 Å². The number of nitrogens with one attached hydrogen (secondary N) is 1. The predicted molar refractivity (Wildman–Crippen MR) is 117 cm³/mol. The van der Waals surface area contributed by atoms with Gasteiger partial charge in [0, 0.05) is 23.0 Å². The van der Waals surface area contributed by atoms with Crippen molar-refractivity contribution in [1.29, 1.82) is 0 Å². The molecule has 0 bridgehead atoms. The minimum Gasteiger partial charge on any atom is -0.308 e. The van der Waals surface area contributed by atoms with E-state index in [2.05, 4.69) is 51.2 Å². The van der Waals surface area contributed by atoms with Gasteiger partial charge in [-0.15, -0.1) is 11.8 Å². The maximum atomic E-state index is 13.2. The zero-order chi connectivity index (χ0) is 19.6. The van der Waals surface area contributed by atoms with Gasteiger partial charge >= 0.3 is 6.03 Å². The van der Waals surface area contributed by atoms with E-state index in [-0.39, 0.29) is 11.4 Å². The lowest BCUT2D eigenvalue weighted by Gasteiger charge is -2.27. The standard InChI is InChI=1S/C22H27ClN2OS/c1-14(2)18-9-6-10-19(15(3)4)20(18)24-22(26)25-11-12-27-21(25)16-7-5-8-17(23)13-16/h5-10,13-15,21H,11-12H2,1-4H3,(H,24,26)/t21-/m1/s1. The molecule has 3 rings (SSSR count). The van der Waals surface area contributed by atoms with Crippen molar-refractivity contribution >= 4 is 35.1 Å². The van der Waals surface area contributed by atoms with Crippen molar-refractivity contribution in [3.05, 3.63) is 64.2 Å². The molecule has 1 saturated heterocycles. The lowest BCUT2D eigenvalue weighted by molar-refractivity contribution is 0.214. The fraction of sp³-hybridized carbons (Fsp3) is 0.409. The predicted octanol–water partition coefficient (Wildman–Crippen LogP) is 6.87. The van der Waals surface area contributed by atoms with E-state index in [0.717, 1.165) is 23.5 Å². The van der Waals surface area contributed by atoms with Crippen LogP contribution in [0.25, 0.3) is 0 Å². The number of carbonyl (C=O) groups excluding carboxylic acids is 1. The molecule has 27 heavy (non-hydrogen) atoms. The first-order valence-electron chi connectivity index (χ1n) is 9.46. The molecule has 144 valence electrons. The quantitative estimate of drug-likeness (QED) is 0.605. The summed E-state index contributed by atoms with van der Waals surface area (Å²) in [5, 5.41) is 3.94. The second-order valence-electron chi connectivity index (χ2n) is 7.52. The van der Waals surface area contributed by atoms with Crippen LogP contribution in [0.3, 0.4) is 0 Å². The fourth-order valence-electron chi connectivity index (χ4n) is 3.49. The van der Waals surface area contributed by atoms with E-state index < -0.39 is 0 Å². The number of para-hydroxylation sites is 1. The highest BCUT2D eigenvalue weighted by atomic mass is 35.5. The molecule has 3 nitrogen and oxygen atoms in total. The van der Waals surface area contributed by atoms with E-state index in [1.54, 1.807) is 11.8 Å². The number of halogens is 1. The second-order valence-corrected chi connectivity index (χ2v) is 9.15. The lowest BCUT2D eigenvalue weighted by Crippen LogP contribution is -2.35. The van der Waals surface area contributed by atoms with Crippen LogP contribution in [0, 0.1) is 0 Å².